The molecule has 1 nitrogen and oxygen atoms in total. The Morgan fingerprint density at radius 2 is 1.19 bits per heavy atom. The monoisotopic (exact) mass is 403 g/mol. The van der Waals surface area contributed by atoms with Crippen LogP contribution in [0.4, 0.5) is 0 Å². The van der Waals surface area contributed by atoms with Gasteiger partial charge in [0.1, 0.15) is 0 Å². The van der Waals surface area contributed by atoms with Gasteiger partial charge in [-0.05, 0) is 59.2 Å². The predicted octanol–water partition coefficient (Wildman–Crippen LogP) is 7.96. The zero-order valence-electron chi connectivity index (χ0n) is 18.6. The number of para-hydroxylation sites is 2. The number of aromatic nitrogens is 1. The Labute approximate surface area is 185 Å². The Kier molecular flexibility index (Phi) is 4.90. The molecule has 0 atom stereocenters. The van der Waals surface area contributed by atoms with Crippen LogP contribution >= 0.6 is 0 Å². The molecule has 0 unspecified atom stereocenters. The van der Waals surface area contributed by atoms with Gasteiger partial charge in [0, 0.05) is 16.5 Å². The van der Waals surface area contributed by atoms with Crippen LogP contribution in [0.1, 0.15) is 37.5 Å². The molecule has 0 radical (unpaired) electrons. The predicted molar refractivity (Wildman–Crippen MR) is 133 cm³/mol. The fraction of sp³-hybridized carbons (Fsp3) is 0.200. The fourth-order valence-corrected chi connectivity index (χ4v) is 4.78. The van der Waals surface area contributed by atoms with Crippen molar-refractivity contribution in [2.24, 2.45) is 5.41 Å². The highest BCUT2D eigenvalue weighted by Gasteiger charge is 2.17. The first-order chi connectivity index (χ1) is 15.0. The van der Waals surface area contributed by atoms with Gasteiger partial charge in [-0.15, -0.1) is 0 Å². The molecule has 5 rings (SSSR count). The van der Waals surface area contributed by atoms with Crippen LogP contribution in [0.15, 0.2) is 97.1 Å². The number of hydrogen-bond donors (Lipinski definition) is 0. The number of rotatable bonds is 4. The lowest BCUT2D eigenvalue weighted by atomic mass is 9.85. The number of fused-ring (bicyclic) bond motifs is 3. The molecule has 0 saturated carbocycles. The van der Waals surface area contributed by atoms with Crippen molar-refractivity contribution in [2.45, 2.75) is 33.6 Å². The van der Waals surface area contributed by atoms with Crippen molar-refractivity contribution in [3.63, 3.8) is 0 Å². The lowest BCUT2D eigenvalue weighted by molar-refractivity contribution is 0.410. The van der Waals surface area contributed by atoms with E-state index in [1.54, 1.807) is 0 Å². The zero-order valence-corrected chi connectivity index (χ0v) is 18.6. The maximum absolute atomic E-state index is 2.40. The van der Waals surface area contributed by atoms with E-state index < -0.39 is 0 Å². The van der Waals surface area contributed by atoms with E-state index in [1.807, 2.05) is 0 Å². The second kappa shape index (κ2) is 7.74. The summed E-state index contributed by atoms with van der Waals surface area (Å²) in [5.41, 5.74) is 8.30. The van der Waals surface area contributed by atoms with Crippen LogP contribution in [0.3, 0.4) is 0 Å². The molecule has 0 fully saturated rings. The van der Waals surface area contributed by atoms with Gasteiger partial charge in [-0.2, -0.15) is 0 Å². The molecule has 1 heterocycles. The molecule has 31 heavy (non-hydrogen) atoms. The molecule has 0 spiro atoms. The highest BCUT2D eigenvalue weighted by Crippen LogP contribution is 2.35. The smallest absolute Gasteiger partial charge is 0.0543 e. The molecule has 154 valence electrons. The van der Waals surface area contributed by atoms with E-state index in [9.17, 15) is 0 Å². The van der Waals surface area contributed by atoms with Gasteiger partial charge in [-0.3, -0.25) is 0 Å². The molecule has 0 aliphatic heterocycles. The van der Waals surface area contributed by atoms with Crippen LogP contribution in [0.25, 0.3) is 27.5 Å². The topological polar surface area (TPSA) is 4.93 Å². The molecule has 1 heteroatoms. The van der Waals surface area contributed by atoms with Crippen LogP contribution in [-0.4, -0.2) is 4.57 Å². The quantitative estimate of drug-likeness (QED) is 0.287. The summed E-state index contributed by atoms with van der Waals surface area (Å²) in [7, 11) is 0. The molecule has 0 bridgehead atoms. The van der Waals surface area contributed by atoms with E-state index in [-0.39, 0.29) is 5.41 Å². The van der Waals surface area contributed by atoms with E-state index >= 15 is 0 Å². The second-order valence-electron chi connectivity index (χ2n) is 9.68. The van der Waals surface area contributed by atoms with E-state index in [0.29, 0.717) is 0 Å². The first-order valence-corrected chi connectivity index (χ1v) is 11.1. The Bertz CT molecular complexity index is 1350. The molecule has 0 amide bonds. The van der Waals surface area contributed by atoms with Gasteiger partial charge in [0.25, 0.3) is 0 Å². The standard InChI is InChI=1S/C30H29N/c1-30(2,3)21-24-13-8-7-12-22(24)20-23-14-11-19-28-29(23)26-17-9-10-18-27(26)31(28)25-15-5-4-6-16-25/h4-19H,20-21H2,1-3H3. The molecule has 5 aromatic rings. The van der Waals surface area contributed by atoms with Gasteiger partial charge < -0.3 is 4.57 Å². The molecule has 0 N–H and O–H groups in total. The van der Waals surface area contributed by atoms with Crippen molar-refractivity contribution in [2.75, 3.05) is 0 Å². The highest BCUT2D eigenvalue weighted by atomic mass is 15.0. The minimum absolute atomic E-state index is 0.269. The van der Waals surface area contributed by atoms with Gasteiger partial charge in [0.2, 0.25) is 0 Å². The maximum atomic E-state index is 2.40. The van der Waals surface area contributed by atoms with Gasteiger partial charge in [-0.25, -0.2) is 0 Å². The molecular formula is C30H29N. The maximum Gasteiger partial charge on any atom is 0.0543 e. The molecular weight excluding hydrogens is 374 g/mol. The van der Waals surface area contributed by atoms with Crippen molar-refractivity contribution < 1.29 is 0 Å². The van der Waals surface area contributed by atoms with Crippen molar-refractivity contribution in [1.82, 2.24) is 4.57 Å². The van der Waals surface area contributed by atoms with Crippen molar-refractivity contribution in [3.8, 4) is 5.69 Å². The fourth-order valence-electron chi connectivity index (χ4n) is 4.78. The largest absolute Gasteiger partial charge is 0.309 e. The minimum atomic E-state index is 0.269. The number of benzene rings is 4. The van der Waals surface area contributed by atoms with Crippen LogP contribution in [0, 0.1) is 5.41 Å². The van der Waals surface area contributed by atoms with Gasteiger partial charge in [0.15, 0.2) is 0 Å². The third kappa shape index (κ3) is 3.77. The summed E-state index contributed by atoms with van der Waals surface area (Å²) in [4.78, 5) is 0. The second-order valence-corrected chi connectivity index (χ2v) is 9.68. The van der Waals surface area contributed by atoms with Crippen LogP contribution < -0.4 is 0 Å². The summed E-state index contributed by atoms with van der Waals surface area (Å²) >= 11 is 0. The first-order valence-electron chi connectivity index (χ1n) is 11.1. The normalized spacial score (nSPS) is 12.0. The summed E-state index contributed by atoms with van der Waals surface area (Å²) in [5, 5.41) is 2.69. The molecule has 0 saturated heterocycles. The first kappa shape index (κ1) is 19.6. The van der Waals surface area contributed by atoms with E-state index in [0.717, 1.165) is 12.8 Å². The van der Waals surface area contributed by atoms with E-state index in [4.69, 9.17) is 0 Å². The molecule has 1 aromatic heterocycles. The highest BCUT2D eigenvalue weighted by molar-refractivity contribution is 6.11. The van der Waals surface area contributed by atoms with Crippen LogP contribution in [0.2, 0.25) is 0 Å². The third-order valence-electron chi connectivity index (χ3n) is 6.02. The van der Waals surface area contributed by atoms with Crippen molar-refractivity contribution >= 4 is 21.8 Å². The Hall–Kier alpha value is -3.32. The number of nitrogens with zero attached hydrogens (tertiary/aromatic N) is 1. The Morgan fingerprint density at radius 3 is 1.97 bits per heavy atom. The van der Waals surface area contributed by atoms with Crippen molar-refractivity contribution in [3.05, 3.63) is 114 Å². The Morgan fingerprint density at radius 1 is 0.581 bits per heavy atom. The third-order valence-corrected chi connectivity index (χ3v) is 6.02. The van der Waals surface area contributed by atoms with Gasteiger partial charge >= 0.3 is 0 Å². The van der Waals surface area contributed by atoms with Gasteiger partial charge in [-0.1, -0.05) is 93.6 Å². The van der Waals surface area contributed by atoms with Gasteiger partial charge in [0.05, 0.1) is 11.0 Å². The lowest BCUT2D eigenvalue weighted by Gasteiger charge is -2.20. The summed E-state index contributed by atoms with van der Waals surface area (Å²) < 4.78 is 2.40. The average molecular weight is 404 g/mol. The molecule has 4 aromatic carbocycles. The van der Waals surface area contributed by atoms with Crippen molar-refractivity contribution in [1.29, 1.82) is 0 Å². The summed E-state index contributed by atoms with van der Waals surface area (Å²) in [6.07, 6.45) is 2.04. The van der Waals surface area contributed by atoms with E-state index in [1.165, 1.54) is 44.2 Å². The zero-order chi connectivity index (χ0) is 21.4. The minimum Gasteiger partial charge on any atom is -0.309 e. The average Bonchev–Trinajstić information content (AvgIpc) is 3.10. The van der Waals surface area contributed by atoms with E-state index in [2.05, 4.69) is 122 Å². The molecule has 0 aliphatic rings. The molecule has 0 aliphatic carbocycles. The SMILES string of the molecule is CC(C)(C)Cc1ccccc1Cc1cccc2c1c1ccccc1n2-c1ccccc1. The summed E-state index contributed by atoms with van der Waals surface area (Å²) in [6.45, 7) is 6.95. The lowest BCUT2D eigenvalue weighted by Crippen LogP contribution is -2.11. The van der Waals surface area contributed by atoms with Crippen LogP contribution in [-0.2, 0) is 12.8 Å². The summed E-state index contributed by atoms with van der Waals surface area (Å²) in [5.74, 6) is 0. The number of hydrogen-bond acceptors (Lipinski definition) is 0. The summed E-state index contributed by atoms with van der Waals surface area (Å²) in [6, 6.07) is 35.2. The Balaban J connectivity index is 1.71. The van der Waals surface area contributed by atoms with Crippen LogP contribution in [0.5, 0.6) is 0 Å².